The highest BCUT2D eigenvalue weighted by Crippen LogP contribution is 2.43. The number of nitrogens with two attached hydrogens (primary N) is 1. The molecule has 1 fully saturated rings. The highest BCUT2D eigenvalue weighted by atomic mass is 31.2. The van der Waals surface area contributed by atoms with Crippen molar-refractivity contribution in [2.24, 2.45) is 0 Å². The van der Waals surface area contributed by atoms with Crippen molar-refractivity contribution in [1.29, 1.82) is 0 Å². The lowest BCUT2D eigenvalue weighted by Gasteiger charge is -2.20. The van der Waals surface area contributed by atoms with Gasteiger partial charge in [0.15, 0.2) is 6.23 Å². The molecule has 1 aromatic heterocycles. The van der Waals surface area contributed by atoms with Crippen LogP contribution in [0.15, 0.2) is 17.1 Å². The number of ether oxygens (including phenoxy) is 1. The molecule has 118 valence electrons. The number of rotatable bonds is 4. The fourth-order valence-corrected chi connectivity index (χ4v) is 2.58. The lowest BCUT2D eigenvalue weighted by molar-refractivity contribution is -0.0548. The Balaban J connectivity index is 2.31. The van der Waals surface area contributed by atoms with Crippen LogP contribution < -0.4 is 11.4 Å². The Morgan fingerprint density at radius 2 is 2.19 bits per heavy atom. The molecule has 11 nitrogen and oxygen atoms in total. The molecule has 0 aromatic carbocycles. The number of aliphatic hydroxyl groups is 2. The first-order chi connectivity index (χ1) is 9.73. The fourth-order valence-electron chi connectivity index (χ4n) is 2.00. The Kier molecular flexibility index (Phi) is 4.44. The van der Waals surface area contributed by atoms with Gasteiger partial charge in [0.25, 0.3) is 0 Å². The van der Waals surface area contributed by atoms with E-state index in [-0.39, 0.29) is 5.82 Å². The zero-order valence-electron chi connectivity index (χ0n) is 10.5. The predicted molar refractivity (Wildman–Crippen MR) is 66.8 cm³/mol. The van der Waals surface area contributed by atoms with E-state index in [4.69, 9.17) is 25.4 Å². The Hall–Kier alpha value is -1.33. The Morgan fingerprint density at radius 3 is 2.71 bits per heavy atom. The van der Waals surface area contributed by atoms with Crippen molar-refractivity contribution in [2.45, 2.75) is 24.5 Å². The molecule has 0 radical (unpaired) electrons. The molecule has 1 aliphatic rings. The number of hydrogen-bond donors (Lipinski definition) is 5. The maximum absolute atomic E-state index is 11.7. The molecule has 1 aliphatic heterocycles. The van der Waals surface area contributed by atoms with E-state index < -0.39 is 44.7 Å². The molecule has 0 aliphatic carbocycles. The summed E-state index contributed by atoms with van der Waals surface area (Å²) < 4.78 is 21.4. The third-order valence-electron chi connectivity index (χ3n) is 2.87. The maximum Gasteiger partial charge on any atom is 0.470 e. The van der Waals surface area contributed by atoms with Crippen molar-refractivity contribution in [3.05, 3.63) is 22.7 Å². The van der Waals surface area contributed by atoms with Gasteiger partial charge in [0.2, 0.25) is 0 Å². The number of aliphatic hydroxyl groups excluding tert-OH is 2. The molecule has 6 N–H and O–H groups in total. The van der Waals surface area contributed by atoms with E-state index in [2.05, 4.69) is 9.51 Å². The van der Waals surface area contributed by atoms with Crippen LogP contribution in [0.2, 0.25) is 0 Å². The second-order valence-corrected chi connectivity index (χ2v) is 5.53. The fraction of sp³-hybridized carbons (Fsp3) is 0.556. The Bertz CT molecular complexity index is 615. The van der Waals surface area contributed by atoms with Gasteiger partial charge in [-0.3, -0.25) is 9.09 Å². The van der Waals surface area contributed by atoms with Crippen LogP contribution in [0.25, 0.3) is 0 Å². The molecule has 0 bridgehead atoms. The van der Waals surface area contributed by atoms with Gasteiger partial charge in [-0.2, -0.15) is 4.98 Å². The quantitative estimate of drug-likeness (QED) is 0.374. The van der Waals surface area contributed by atoms with E-state index in [1.54, 1.807) is 0 Å². The van der Waals surface area contributed by atoms with Crippen LogP contribution in [0, 0.1) is 0 Å². The third-order valence-corrected chi connectivity index (χ3v) is 3.39. The van der Waals surface area contributed by atoms with E-state index in [0.717, 1.165) is 4.57 Å². The first kappa shape index (κ1) is 16.0. The average molecular weight is 323 g/mol. The first-order valence-electron chi connectivity index (χ1n) is 5.76. The van der Waals surface area contributed by atoms with Gasteiger partial charge in [-0.05, 0) is 6.07 Å². The second-order valence-electron chi connectivity index (χ2n) is 4.34. The second kappa shape index (κ2) is 5.81. The summed E-state index contributed by atoms with van der Waals surface area (Å²) in [7, 11) is -4.91. The molecular formula is C9H14N3O8P. The van der Waals surface area contributed by atoms with Gasteiger partial charge in [0, 0.05) is 6.20 Å². The summed E-state index contributed by atoms with van der Waals surface area (Å²) in [5, 5.41) is 19.2. The number of hydrogen-bond acceptors (Lipinski definition) is 8. The Morgan fingerprint density at radius 1 is 1.52 bits per heavy atom. The highest BCUT2D eigenvalue weighted by molar-refractivity contribution is 7.46. The molecule has 0 amide bonds. The van der Waals surface area contributed by atoms with Crippen LogP contribution in [0.1, 0.15) is 6.23 Å². The minimum Gasteiger partial charge on any atom is -0.394 e. The van der Waals surface area contributed by atoms with Crippen LogP contribution >= 0.6 is 7.82 Å². The number of phosphoric ester groups is 1. The summed E-state index contributed by atoms with van der Waals surface area (Å²) in [4.78, 5) is 32.7. The van der Waals surface area contributed by atoms with Gasteiger partial charge in [-0.25, -0.2) is 9.36 Å². The summed E-state index contributed by atoms with van der Waals surface area (Å²) in [6, 6.07) is 1.28. The first-order valence-corrected chi connectivity index (χ1v) is 7.29. The highest BCUT2D eigenvalue weighted by Gasteiger charge is 2.48. The van der Waals surface area contributed by atoms with Crippen molar-refractivity contribution < 1.29 is 33.8 Å². The number of anilines is 1. The van der Waals surface area contributed by atoms with Gasteiger partial charge >= 0.3 is 13.5 Å². The van der Waals surface area contributed by atoms with Gasteiger partial charge in [-0.15, -0.1) is 0 Å². The number of aromatic nitrogens is 2. The molecule has 0 spiro atoms. The monoisotopic (exact) mass is 323 g/mol. The lowest BCUT2D eigenvalue weighted by atomic mass is 10.1. The standard InChI is InChI=1S/C9H14N3O8P/c10-5-1-2-12(9(15)11-5)8-6(14)7(4(3-13)19-8)20-21(16,17)18/h1-2,4,6-8,13-14H,3H2,(H2,10,11,15)(H2,16,17,18)/t4-,6+,7+,8+/m1/s1. The third kappa shape index (κ3) is 3.47. The molecule has 4 atom stereocenters. The van der Waals surface area contributed by atoms with E-state index >= 15 is 0 Å². The average Bonchev–Trinajstić information content (AvgIpc) is 2.65. The number of nitrogen functional groups attached to an aromatic ring is 1. The minimum absolute atomic E-state index is 0.0366. The minimum atomic E-state index is -4.91. The predicted octanol–water partition coefficient (Wildman–Crippen LogP) is -2.45. The topological polar surface area (TPSA) is 177 Å². The SMILES string of the molecule is Nc1ccn([C@H]2O[C@H](CO)[C@H](OP(=O)(O)O)[C@@H]2O)c(=O)n1. The molecule has 2 heterocycles. The largest absolute Gasteiger partial charge is 0.470 e. The van der Waals surface area contributed by atoms with Crippen LogP contribution in [0.5, 0.6) is 0 Å². The van der Waals surface area contributed by atoms with Gasteiger partial charge in [0.05, 0.1) is 6.61 Å². The number of nitrogens with zero attached hydrogens (tertiary/aromatic N) is 2. The molecule has 2 rings (SSSR count). The van der Waals surface area contributed by atoms with E-state index in [1.165, 1.54) is 12.3 Å². The normalized spacial score (nSPS) is 29.7. The van der Waals surface area contributed by atoms with Crippen molar-refractivity contribution in [1.82, 2.24) is 9.55 Å². The molecule has 1 saturated heterocycles. The van der Waals surface area contributed by atoms with Crippen LogP contribution in [-0.2, 0) is 13.8 Å². The summed E-state index contributed by atoms with van der Waals surface area (Å²) in [5.74, 6) is -0.0366. The summed E-state index contributed by atoms with van der Waals surface area (Å²) in [6.45, 7) is -0.671. The molecule has 0 unspecified atom stereocenters. The molecule has 12 heteroatoms. The molecule has 0 saturated carbocycles. The van der Waals surface area contributed by atoms with Crippen molar-refractivity contribution >= 4 is 13.6 Å². The van der Waals surface area contributed by atoms with Crippen LogP contribution in [0.4, 0.5) is 5.82 Å². The zero-order chi connectivity index (χ0) is 15.8. The summed E-state index contributed by atoms with van der Waals surface area (Å²) in [6.07, 6.45) is -4.45. The van der Waals surface area contributed by atoms with Gasteiger partial charge in [-0.1, -0.05) is 0 Å². The number of phosphoric acid groups is 1. The van der Waals surface area contributed by atoms with Crippen molar-refractivity contribution in [2.75, 3.05) is 12.3 Å². The summed E-state index contributed by atoms with van der Waals surface area (Å²) in [5.41, 5.74) is 4.50. The molecule has 1 aromatic rings. The maximum atomic E-state index is 11.7. The Labute approximate surface area is 117 Å². The van der Waals surface area contributed by atoms with Crippen LogP contribution in [0.3, 0.4) is 0 Å². The van der Waals surface area contributed by atoms with E-state index in [9.17, 15) is 14.5 Å². The zero-order valence-corrected chi connectivity index (χ0v) is 11.4. The van der Waals surface area contributed by atoms with Crippen molar-refractivity contribution in [3.63, 3.8) is 0 Å². The lowest BCUT2D eigenvalue weighted by Crippen LogP contribution is -2.37. The van der Waals surface area contributed by atoms with Crippen LogP contribution in [-0.4, -0.2) is 54.5 Å². The smallest absolute Gasteiger partial charge is 0.394 e. The van der Waals surface area contributed by atoms with E-state index in [1.807, 2.05) is 0 Å². The van der Waals surface area contributed by atoms with Crippen molar-refractivity contribution in [3.8, 4) is 0 Å². The van der Waals surface area contributed by atoms with Gasteiger partial charge in [0.1, 0.15) is 24.1 Å². The molecular weight excluding hydrogens is 309 g/mol. The summed E-state index contributed by atoms with van der Waals surface area (Å²) >= 11 is 0. The molecule has 21 heavy (non-hydrogen) atoms. The van der Waals surface area contributed by atoms with E-state index in [0.29, 0.717) is 0 Å². The van der Waals surface area contributed by atoms with Gasteiger partial charge < -0.3 is 30.5 Å².